The lowest BCUT2D eigenvalue weighted by molar-refractivity contribution is 0.0986. The number of thiazole rings is 1. The molecule has 2 aromatic carbocycles. The number of nitrogens with zero attached hydrogens (tertiary/aromatic N) is 3. The van der Waals surface area contributed by atoms with Gasteiger partial charge in [-0.1, -0.05) is 22.9 Å². The lowest BCUT2D eigenvalue weighted by Crippen LogP contribution is -2.33. The fourth-order valence-corrected chi connectivity index (χ4v) is 4.96. The molecule has 0 radical (unpaired) electrons. The van der Waals surface area contributed by atoms with Crippen molar-refractivity contribution in [2.24, 2.45) is 0 Å². The first-order valence-electron chi connectivity index (χ1n) is 9.51. The number of aromatic nitrogens is 1. The van der Waals surface area contributed by atoms with E-state index in [1.807, 2.05) is 19.0 Å². The standard InChI is InChI=1S/C21H24ClN3O4S2/c1-24(2)12-5-13-25(20(26)14-6-8-15(9-7-14)31(4,27)28)21-23-18-17(29-3)11-10-16(22)19(18)30-21/h6-11H,5,12-13H2,1-4H3. The van der Waals surface area contributed by atoms with E-state index in [2.05, 4.69) is 4.98 Å². The predicted molar refractivity (Wildman–Crippen MR) is 126 cm³/mol. The monoisotopic (exact) mass is 481 g/mol. The highest BCUT2D eigenvalue weighted by molar-refractivity contribution is 7.90. The van der Waals surface area contributed by atoms with E-state index in [0.717, 1.165) is 23.9 Å². The quantitative estimate of drug-likeness (QED) is 0.484. The van der Waals surface area contributed by atoms with Crippen LogP contribution in [0.4, 0.5) is 5.13 Å². The Kier molecular flexibility index (Phi) is 7.20. The molecule has 1 aromatic heterocycles. The van der Waals surface area contributed by atoms with Crippen LogP contribution in [0, 0.1) is 0 Å². The smallest absolute Gasteiger partial charge is 0.260 e. The molecule has 3 rings (SSSR count). The normalized spacial score (nSPS) is 11.8. The molecule has 0 aliphatic heterocycles. The summed E-state index contributed by atoms with van der Waals surface area (Å²) in [6.07, 6.45) is 1.87. The van der Waals surface area contributed by atoms with Crippen LogP contribution in [0.1, 0.15) is 16.8 Å². The number of hydrogen-bond acceptors (Lipinski definition) is 7. The van der Waals surface area contributed by atoms with E-state index in [0.29, 0.717) is 33.5 Å². The molecule has 1 heterocycles. The zero-order chi connectivity index (χ0) is 22.8. The highest BCUT2D eigenvalue weighted by Gasteiger charge is 2.23. The van der Waals surface area contributed by atoms with Crippen molar-refractivity contribution in [2.75, 3.05) is 45.5 Å². The molecule has 31 heavy (non-hydrogen) atoms. The van der Waals surface area contributed by atoms with Crippen LogP contribution in [0.2, 0.25) is 5.02 Å². The number of anilines is 1. The Morgan fingerprint density at radius 3 is 2.39 bits per heavy atom. The predicted octanol–water partition coefficient (Wildman–Crippen LogP) is 3.96. The molecule has 10 heteroatoms. The van der Waals surface area contributed by atoms with Gasteiger partial charge in [-0.3, -0.25) is 9.69 Å². The van der Waals surface area contributed by atoms with E-state index in [4.69, 9.17) is 16.3 Å². The number of amides is 1. The lowest BCUT2D eigenvalue weighted by Gasteiger charge is -2.21. The highest BCUT2D eigenvalue weighted by atomic mass is 35.5. The van der Waals surface area contributed by atoms with Crippen LogP contribution in [0.5, 0.6) is 5.75 Å². The van der Waals surface area contributed by atoms with Gasteiger partial charge in [0.25, 0.3) is 5.91 Å². The fourth-order valence-electron chi connectivity index (χ4n) is 3.05. The van der Waals surface area contributed by atoms with Crippen LogP contribution in [-0.2, 0) is 9.84 Å². The van der Waals surface area contributed by atoms with E-state index in [1.165, 1.54) is 35.6 Å². The average Bonchev–Trinajstić information content (AvgIpc) is 3.16. The molecule has 166 valence electrons. The Hall–Kier alpha value is -2.20. The minimum atomic E-state index is -3.34. The fraction of sp³-hybridized carbons (Fsp3) is 0.333. The Bertz CT molecular complexity index is 1190. The second-order valence-electron chi connectivity index (χ2n) is 7.33. The maximum Gasteiger partial charge on any atom is 0.260 e. The van der Waals surface area contributed by atoms with Gasteiger partial charge in [0.2, 0.25) is 0 Å². The zero-order valence-electron chi connectivity index (χ0n) is 17.8. The van der Waals surface area contributed by atoms with Gasteiger partial charge >= 0.3 is 0 Å². The third kappa shape index (κ3) is 5.35. The SMILES string of the molecule is COc1ccc(Cl)c2sc(N(CCCN(C)C)C(=O)c3ccc(S(C)(=O)=O)cc3)nc12. The summed E-state index contributed by atoms with van der Waals surface area (Å²) in [4.78, 5) is 21.8. The highest BCUT2D eigenvalue weighted by Crippen LogP contribution is 2.39. The molecule has 7 nitrogen and oxygen atoms in total. The maximum atomic E-state index is 13.4. The number of benzene rings is 2. The van der Waals surface area contributed by atoms with Crippen LogP contribution >= 0.6 is 22.9 Å². The third-order valence-electron chi connectivity index (χ3n) is 4.66. The number of fused-ring (bicyclic) bond motifs is 1. The van der Waals surface area contributed by atoms with Crippen LogP contribution < -0.4 is 9.64 Å². The molecule has 0 fully saturated rings. The van der Waals surface area contributed by atoms with Crippen molar-refractivity contribution in [2.45, 2.75) is 11.3 Å². The summed E-state index contributed by atoms with van der Waals surface area (Å²) in [6, 6.07) is 9.43. The summed E-state index contributed by atoms with van der Waals surface area (Å²) in [5.41, 5.74) is 0.988. The molecular formula is C21H24ClN3O4S2. The van der Waals surface area contributed by atoms with E-state index >= 15 is 0 Å². The van der Waals surface area contributed by atoms with Gasteiger partial charge in [0, 0.05) is 18.4 Å². The molecule has 0 saturated heterocycles. The Morgan fingerprint density at radius 2 is 1.81 bits per heavy atom. The maximum absolute atomic E-state index is 13.4. The van der Waals surface area contributed by atoms with E-state index in [-0.39, 0.29) is 10.8 Å². The van der Waals surface area contributed by atoms with Gasteiger partial charge in [-0.15, -0.1) is 0 Å². The summed E-state index contributed by atoms with van der Waals surface area (Å²) in [7, 11) is 2.16. The molecular weight excluding hydrogens is 458 g/mol. The van der Waals surface area contributed by atoms with Gasteiger partial charge in [-0.05, 0) is 63.5 Å². The van der Waals surface area contributed by atoms with Gasteiger partial charge in [0.05, 0.1) is 21.7 Å². The summed E-state index contributed by atoms with van der Waals surface area (Å²) in [6.45, 7) is 1.25. The molecule has 1 amide bonds. The largest absolute Gasteiger partial charge is 0.494 e. The lowest BCUT2D eigenvalue weighted by atomic mass is 10.2. The minimum Gasteiger partial charge on any atom is -0.494 e. The number of sulfone groups is 1. The molecule has 0 spiro atoms. The van der Waals surface area contributed by atoms with Crippen LogP contribution in [0.25, 0.3) is 10.2 Å². The number of methoxy groups -OCH3 is 1. The van der Waals surface area contributed by atoms with E-state index in [1.54, 1.807) is 24.1 Å². The Balaban J connectivity index is 2.01. The van der Waals surface area contributed by atoms with Crippen LogP contribution in [-0.4, -0.2) is 64.8 Å². The van der Waals surface area contributed by atoms with Crippen molar-refractivity contribution in [3.63, 3.8) is 0 Å². The first-order chi connectivity index (χ1) is 14.6. The molecule has 0 aliphatic carbocycles. The number of carbonyl (C=O) groups is 1. The number of rotatable bonds is 8. The van der Waals surface area contributed by atoms with Crippen molar-refractivity contribution in [3.05, 3.63) is 47.0 Å². The molecule has 0 aliphatic rings. The van der Waals surface area contributed by atoms with Crippen LogP contribution in [0.3, 0.4) is 0 Å². The van der Waals surface area contributed by atoms with Gasteiger partial charge < -0.3 is 9.64 Å². The number of carbonyl (C=O) groups excluding carboxylic acids is 1. The minimum absolute atomic E-state index is 0.166. The first-order valence-corrected chi connectivity index (χ1v) is 12.6. The molecule has 0 atom stereocenters. The number of halogens is 1. The second-order valence-corrected chi connectivity index (χ2v) is 10.7. The van der Waals surface area contributed by atoms with Crippen molar-refractivity contribution in [3.8, 4) is 5.75 Å². The summed E-state index contributed by atoms with van der Waals surface area (Å²) in [5, 5.41) is 1.05. The van der Waals surface area contributed by atoms with Crippen molar-refractivity contribution in [1.82, 2.24) is 9.88 Å². The summed E-state index contributed by atoms with van der Waals surface area (Å²) < 4.78 is 29.6. The number of hydrogen-bond donors (Lipinski definition) is 0. The molecule has 3 aromatic rings. The third-order valence-corrected chi connectivity index (χ3v) is 7.33. The van der Waals surface area contributed by atoms with E-state index in [9.17, 15) is 13.2 Å². The second kappa shape index (κ2) is 9.52. The van der Waals surface area contributed by atoms with Gasteiger partial charge in [-0.2, -0.15) is 0 Å². The molecule has 0 bridgehead atoms. The van der Waals surface area contributed by atoms with Gasteiger partial charge in [0.15, 0.2) is 15.0 Å². The Labute approximate surface area is 191 Å². The number of ether oxygens (including phenoxy) is 1. The van der Waals surface area contributed by atoms with Crippen molar-refractivity contribution < 1.29 is 17.9 Å². The van der Waals surface area contributed by atoms with E-state index < -0.39 is 9.84 Å². The molecule has 0 unspecified atom stereocenters. The van der Waals surface area contributed by atoms with Gasteiger partial charge in [0.1, 0.15) is 11.3 Å². The topological polar surface area (TPSA) is 79.8 Å². The molecule has 0 saturated carbocycles. The Morgan fingerprint density at radius 1 is 1.13 bits per heavy atom. The first kappa shape index (κ1) is 23.5. The van der Waals surface area contributed by atoms with Crippen LogP contribution in [0.15, 0.2) is 41.3 Å². The van der Waals surface area contributed by atoms with Crippen molar-refractivity contribution in [1.29, 1.82) is 0 Å². The zero-order valence-corrected chi connectivity index (χ0v) is 20.1. The van der Waals surface area contributed by atoms with Gasteiger partial charge in [-0.25, -0.2) is 13.4 Å². The average molecular weight is 482 g/mol. The summed E-state index contributed by atoms with van der Waals surface area (Å²) in [5.74, 6) is 0.327. The summed E-state index contributed by atoms with van der Waals surface area (Å²) >= 11 is 7.68. The molecule has 0 N–H and O–H groups in total. The van der Waals surface area contributed by atoms with Crippen molar-refractivity contribution >= 4 is 54.0 Å².